The highest BCUT2D eigenvalue weighted by atomic mass is 16.7. The zero-order valence-electron chi connectivity index (χ0n) is 22.0. The first kappa shape index (κ1) is 27.2. The summed E-state index contributed by atoms with van der Waals surface area (Å²) in [6.45, 7) is 1.04. The number of rotatable bonds is 9. The van der Waals surface area contributed by atoms with E-state index in [9.17, 15) is 14.4 Å². The van der Waals surface area contributed by atoms with Gasteiger partial charge < -0.3 is 35.5 Å². The molecule has 3 aromatic rings. The molecule has 208 valence electrons. The minimum absolute atomic E-state index is 0.114. The van der Waals surface area contributed by atoms with Gasteiger partial charge in [0.25, 0.3) is 5.91 Å². The third kappa shape index (κ3) is 6.59. The molecule has 1 atom stereocenters. The lowest BCUT2D eigenvalue weighted by Crippen LogP contribution is -2.49. The summed E-state index contributed by atoms with van der Waals surface area (Å²) in [6.07, 6.45) is 0.847. The molecule has 10 heteroatoms. The summed E-state index contributed by atoms with van der Waals surface area (Å²) in [5.74, 6) is -0.831. The van der Waals surface area contributed by atoms with E-state index in [-0.39, 0.29) is 25.4 Å². The highest BCUT2D eigenvalue weighted by Gasteiger charge is 2.52. The number of anilines is 1. The Morgan fingerprint density at radius 3 is 2.27 bits per heavy atom. The number of nitrogens with one attached hydrogen (secondary N) is 2. The molecule has 0 aromatic heterocycles. The number of hydrogen-bond acceptors (Lipinski definition) is 7. The molecule has 0 aliphatic carbocycles. The van der Waals surface area contributed by atoms with Crippen molar-refractivity contribution >= 4 is 23.4 Å². The van der Waals surface area contributed by atoms with Gasteiger partial charge in [-0.1, -0.05) is 30.3 Å². The first-order valence-corrected chi connectivity index (χ1v) is 13.2. The quantitative estimate of drug-likeness (QED) is 0.353. The Morgan fingerprint density at radius 2 is 1.57 bits per heavy atom. The van der Waals surface area contributed by atoms with Crippen LogP contribution in [0.3, 0.4) is 0 Å². The molecule has 1 unspecified atom stereocenters. The van der Waals surface area contributed by atoms with Crippen LogP contribution in [0.2, 0.25) is 0 Å². The number of hydrogen-bond donors (Lipinski definition) is 3. The minimum atomic E-state index is -1.01. The Kier molecular flexibility index (Phi) is 8.28. The van der Waals surface area contributed by atoms with Crippen molar-refractivity contribution in [3.05, 3.63) is 90.0 Å². The largest absolute Gasteiger partial charge is 0.457 e. The highest BCUT2D eigenvalue weighted by Crippen LogP contribution is 2.35. The lowest BCUT2D eigenvalue weighted by atomic mass is 10.1. The molecule has 2 aliphatic heterocycles. The van der Waals surface area contributed by atoms with Crippen molar-refractivity contribution in [1.29, 1.82) is 0 Å². The van der Waals surface area contributed by atoms with Crippen LogP contribution in [0.15, 0.2) is 78.9 Å². The van der Waals surface area contributed by atoms with Gasteiger partial charge in [-0.3, -0.25) is 14.4 Å². The smallest absolute Gasteiger partial charge is 0.251 e. The predicted octanol–water partition coefficient (Wildman–Crippen LogP) is 2.49. The molecule has 0 radical (unpaired) electrons. The zero-order valence-corrected chi connectivity index (χ0v) is 22.0. The second-order valence-electron chi connectivity index (χ2n) is 9.75. The van der Waals surface area contributed by atoms with Crippen LogP contribution in [0.25, 0.3) is 0 Å². The van der Waals surface area contributed by atoms with Crippen LogP contribution < -0.4 is 21.1 Å². The van der Waals surface area contributed by atoms with Crippen LogP contribution in [-0.2, 0) is 25.5 Å². The summed E-state index contributed by atoms with van der Waals surface area (Å²) in [5.41, 5.74) is 7.83. The first-order chi connectivity index (χ1) is 19.4. The fraction of sp³-hybridized carbons (Fsp3) is 0.300. The number of nitrogens with zero attached hydrogens (tertiary/aromatic N) is 1. The van der Waals surface area contributed by atoms with Gasteiger partial charge in [-0.25, -0.2) is 0 Å². The fourth-order valence-corrected chi connectivity index (χ4v) is 4.83. The number of ether oxygens (including phenoxy) is 3. The van der Waals surface area contributed by atoms with Crippen molar-refractivity contribution in [1.82, 2.24) is 15.5 Å². The first-order valence-electron chi connectivity index (χ1n) is 13.2. The lowest BCUT2D eigenvalue weighted by molar-refractivity contribution is -0.152. The van der Waals surface area contributed by atoms with E-state index >= 15 is 0 Å². The van der Waals surface area contributed by atoms with E-state index in [1.54, 1.807) is 24.3 Å². The zero-order chi connectivity index (χ0) is 28.0. The maximum atomic E-state index is 13.2. The van der Waals surface area contributed by atoms with Gasteiger partial charge in [0.05, 0.1) is 26.3 Å². The van der Waals surface area contributed by atoms with Crippen LogP contribution >= 0.6 is 0 Å². The number of nitrogens with two attached hydrogens (primary N) is 1. The van der Waals surface area contributed by atoms with Gasteiger partial charge in [-0.2, -0.15) is 0 Å². The van der Waals surface area contributed by atoms with E-state index in [4.69, 9.17) is 19.9 Å². The molecule has 5 rings (SSSR count). The molecular weight excluding hydrogens is 512 g/mol. The number of likely N-dealkylation sites (tertiary alicyclic amines) is 1. The van der Waals surface area contributed by atoms with E-state index in [2.05, 4.69) is 10.6 Å². The van der Waals surface area contributed by atoms with Crippen molar-refractivity contribution in [2.24, 2.45) is 0 Å². The molecule has 10 nitrogen and oxygen atoms in total. The molecule has 2 saturated heterocycles. The van der Waals surface area contributed by atoms with Crippen molar-refractivity contribution in [3.63, 3.8) is 0 Å². The Bertz CT molecular complexity index is 1320. The van der Waals surface area contributed by atoms with Crippen LogP contribution in [0.1, 0.15) is 22.3 Å². The number of amides is 3. The molecule has 1 spiro atoms. The third-order valence-corrected chi connectivity index (χ3v) is 6.92. The maximum absolute atomic E-state index is 13.2. The summed E-state index contributed by atoms with van der Waals surface area (Å²) in [5, 5.41) is 5.58. The van der Waals surface area contributed by atoms with Gasteiger partial charge in [-0.15, -0.1) is 0 Å². The molecular formula is C30H32N4O6. The topological polar surface area (TPSA) is 132 Å². The Hall–Kier alpha value is -4.41. The molecule has 2 heterocycles. The summed E-state index contributed by atoms with van der Waals surface area (Å²) < 4.78 is 17.3. The Balaban J connectivity index is 1.16. The molecule has 0 bridgehead atoms. The number of benzene rings is 3. The van der Waals surface area contributed by atoms with Gasteiger partial charge in [0.2, 0.25) is 11.8 Å². The van der Waals surface area contributed by atoms with Crippen LogP contribution in [0.4, 0.5) is 5.69 Å². The second kappa shape index (κ2) is 12.2. The van der Waals surface area contributed by atoms with Crippen LogP contribution in [0.5, 0.6) is 11.5 Å². The van der Waals surface area contributed by atoms with Gasteiger partial charge in [-0.05, 0) is 60.5 Å². The second-order valence-corrected chi connectivity index (χ2v) is 9.75. The number of nitrogen functional groups attached to an aromatic ring is 1. The lowest BCUT2D eigenvalue weighted by Gasteiger charge is -2.24. The summed E-state index contributed by atoms with van der Waals surface area (Å²) >= 11 is 0. The van der Waals surface area contributed by atoms with Crippen molar-refractivity contribution in [3.8, 4) is 11.5 Å². The van der Waals surface area contributed by atoms with E-state index in [1.165, 1.54) is 4.90 Å². The Morgan fingerprint density at radius 1 is 0.900 bits per heavy atom. The minimum Gasteiger partial charge on any atom is -0.457 e. The highest BCUT2D eigenvalue weighted by molar-refractivity contribution is 5.97. The van der Waals surface area contributed by atoms with E-state index < -0.39 is 23.6 Å². The molecule has 2 aliphatic rings. The predicted molar refractivity (Wildman–Crippen MR) is 148 cm³/mol. The number of carbonyl (C=O) groups excluding carboxylic acids is 3. The van der Waals surface area contributed by atoms with Gasteiger partial charge in [0.15, 0.2) is 5.79 Å². The summed E-state index contributed by atoms with van der Waals surface area (Å²) in [6, 6.07) is 22.6. The van der Waals surface area contributed by atoms with Gasteiger partial charge in [0.1, 0.15) is 17.5 Å². The SMILES string of the molecule is Nc1ccc(CCNC(=O)C2CC3(CN2C(=O)CNC(=O)c2ccc(Oc4ccccc4)cc2)OCCO3)cc1. The molecule has 4 N–H and O–H groups in total. The van der Waals surface area contributed by atoms with Crippen molar-refractivity contribution in [2.75, 3.05) is 38.6 Å². The van der Waals surface area contributed by atoms with E-state index in [1.807, 2.05) is 54.6 Å². The van der Waals surface area contributed by atoms with Crippen molar-refractivity contribution in [2.45, 2.75) is 24.7 Å². The average molecular weight is 545 g/mol. The average Bonchev–Trinajstić information content (AvgIpc) is 3.60. The standard InChI is InChI=1S/C30H32N4O6/c31-23-10-6-21(7-11-23)14-15-32-29(37)26-18-30(38-16-17-39-30)20-34(26)27(35)19-33-28(36)22-8-12-25(13-9-22)40-24-4-2-1-3-5-24/h1-13,26H,14-20,31H2,(H,32,37)(H,33,36). The molecule has 2 fully saturated rings. The van der Waals surface area contributed by atoms with Gasteiger partial charge in [0, 0.05) is 24.2 Å². The maximum Gasteiger partial charge on any atom is 0.251 e. The molecule has 0 saturated carbocycles. The van der Waals surface area contributed by atoms with Gasteiger partial charge >= 0.3 is 0 Å². The van der Waals surface area contributed by atoms with Crippen LogP contribution in [-0.4, -0.2) is 67.3 Å². The molecule has 40 heavy (non-hydrogen) atoms. The number of para-hydroxylation sites is 1. The van der Waals surface area contributed by atoms with Crippen molar-refractivity contribution < 1.29 is 28.6 Å². The molecule has 3 amide bonds. The van der Waals surface area contributed by atoms with E-state index in [0.717, 1.165) is 5.56 Å². The summed E-state index contributed by atoms with van der Waals surface area (Å²) in [7, 11) is 0. The van der Waals surface area contributed by atoms with E-state index in [0.29, 0.717) is 48.9 Å². The normalized spacial score (nSPS) is 17.5. The summed E-state index contributed by atoms with van der Waals surface area (Å²) in [4.78, 5) is 40.5. The van der Waals surface area contributed by atoms with Crippen LogP contribution in [0, 0.1) is 0 Å². The number of carbonyl (C=O) groups is 3. The Labute approximate surface area is 232 Å². The fourth-order valence-electron chi connectivity index (χ4n) is 4.83. The monoisotopic (exact) mass is 544 g/mol. The third-order valence-electron chi connectivity index (χ3n) is 6.92. The molecule has 3 aromatic carbocycles.